The molecule has 0 atom stereocenters. The zero-order chi connectivity index (χ0) is 24.9. The maximum absolute atomic E-state index is 12.6. The fourth-order valence-corrected chi connectivity index (χ4v) is 4.56. The first-order chi connectivity index (χ1) is 17.6. The number of imidazole rings is 1. The van der Waals surface area contributed by atoms with Crippen molar-refractivity contribution < 1.29 is 9.59 Å². The summed E-state index contributed by atoms with van der Waals surface area (Å²) in [5.74, 6) is 0.580. The Morgan fingerprint density at radius 1 is 0.861 bits per heavy atom. The number of anilines is 2. The van der Waals surface area contributed by atoms with Gasteiger partial charge >= 0.3 is 0 Å². The van der Waals surface area contributed by atoms with Crippen LogP contribution in [0.25, 0.3) is 16.7 Å². The SMILES string of the molecule is CC(=O)Nc1ccc(NC(=O)CSc2nnc(Cn3cnc4ccccc43)n2-c2ccccc2)cc1. The minimum atomic E-state index is -0.169. The smallest absolute Gasteiger partial charge is 0.234 e. The van der Waals surface area contributed by atoms with Gasteiger partial charge in [-0.1, -0.05) is 42.1 Å². The number of rotatable bonds is 8. The molecule has 0 aliphatic rings. The van der Waals surface area contributed by atoms with Crippen molar-refractivity contribution in [2.45, 2.75) is 18.6 Å². The molecule has 0 spiro atoms. The van der Waals surface area contributed by atoms with E-state index in [0.717, 1.165) is 22.5 Å². The number of hydrogen-bond acceptors (Lipinski definition) is 6. The van der Waals surface area contributed by atoms with E-state index in [0.29, 0.717) is 23.1 Å². The number of nitrogens with one attached hydrogen (secondary N) is 2. The lowest BCUT2D eigenvalue weighted by atomic mass is 10.3. The van der Waals surface area contributed by atoms with Crippen LogP contribution in [0.15, 0.2) is 90.3 Å². The summed E-state index contributed by atoms with van der Waals surface area (Å²) in [6.45, 7) is 1.93. The fraction of sp³-hybridized carbons (Fsp3) is 0.115. The highest BCUT2D eigenvalue weighted by Gasteiger charge is 2.17. The van der Waals surface area contributed by atoms with Gasteiger partial charge in [0.2, 0.25) is 11.8 Å². The Kier molecular flexibility index (Phi) is 6.76. The standard InChI is InChI=1S/C26H23N7O2S/c1-18(34)28-19-11-13-20(14-12-19)29-25(35)16-36-26-31-30-24(33(26)21-7-3-2-4-8-21)15-32-17-27-22-9-5-6-10-23(22)32/h2-14,17H,15-16H2,1H3,(H,28,34)(H,29,35). The third-order valence-corrected chi connectivity index (χ3v) is 6.30. The Morgan fingerprint density at radius 2 is 1.56 bits per heavy atom. The lowest BCUT2D eigenvalue weighted by molar-refractivity contribution is -0.114. The first-order valence-corrected chi connectivity index (χ1v) is 12.3. The fourth-order valence-electron chi connectivity index (χ4n) is 3.79. The predicted octanol–water partition coefficient (Wildman–Crippen LogP) is 4.35. The van der Waals surface area contributed by atoms with Gasteiger partial charge in [0, 0.05) is 24.0 Å². The van der Waals surface area contributed by atoms with Gasteiger partial charge in [0.05, 0.1) is 29.7 Å². The summed E-state index contributed by atoms with van der Waals surface area (Å²) < 4.78 is 4.00. The molecule has 10 heteroatoms. The number of benzene rings is 3. The van der Waals surface area contributed by atoms with E-state index in [9.17, 15) is 9.59 Å². The van der Waals surface area contributed by atoms with Crippen LogP contribution < -0.4 is 10.6 Å². The monoisotopic (exact) mass is 497 g/mol. The largest absolute Gasteiger partial charge is 0.326 e. The van der Waals surface area contributed by atoms with Crippen LogP contribution in [0, 0.1) is 0 Å². The van der Waals surface area contributed by atoms with E-state index >= 15 is 0 Å². The minimum absolute atomic E-state index is 0.147. The molecule has 5 aromatic rings. The molecule has 0 aliphatic heterocycles. The molecule has 36 heavy (non-hydrogen) atoms. The van der Waals surface area contributed by atoms with Crippen molar-refractivity contribution in [1.29, 1.82) is 0 Å². The van der Waals surface area contributed by atoms with Gasteiger partial charge in [-0.15, -0.1) is 10.2 Å². The third kappa shape index (κ3) is 5.28. The number of aromatic nitrogens is 5. The van der Waals surface area contributed by atoms with E-state index in [1.165, 1.54) is 18.7 Å². The van der Waals surface area contributed by atoms with E-state index in [2.05, 4.69) is 25.8 Å². The summed E-state index contributed by atoms with van der Waals surface area (Å²) in [4.78, 5) is 28.3. The number of nitrogens with zero attached hydrogens (tertiary/aromatic N) is 5. The molecule has 2 N–H and O–H groups in total. The number of para-hydroxylation sites is 3. The number of carbonyl (C=O) groups excluding carboxylic acids is 2. The topological polar surface area (TPSA) is 107 Å². The zero-order valence-electron chi connectivity index (χ0n) is 19.5. The van der Waals surface area contributed by atoms with Crippen molar-refractivity contribution in [3.63, 3.8) is 0 Å². The molecule has 5 rings (SSSR count). The lowest BCUT2D eigenvalue weighted by Crippen LogP contribution is -2.15. The number of thioether (sulfide) groups is 1. The molecular formula is C26H23N7O2S. The average molecular weight is 498 g/mol. The zero-order valence-corrected chi connectivity index (χ0v) is 20.3. The van der Waals surface area contributed by atoms with Crippen LogP contribution in [0.3, 0.4) is 0 Å². The van der Waals surface area contributed by atoms with E-state index in [4.69, 9.17) is 0 Å². The van der Waals surface area contributed by atoms with Crippen LogP contribution in [0.1, 0.15) is 12.7 Å². The predicted molar refractivity (Wildman–Crippen MR) is 140 cm³/mol. The van der Waals surface area contributed by atoms with Crippen molar-refractivity contribution in [2.24, 2.45) is 0 Å². The normalized spacial score (nSPS) is 10.9. The van der Waals surface area contributed by atoms with Crippen LogP contribution >= 0.6 is 11.8 Å². The molecule has 2 heterocycles. The maximum atomic E-state index is 12.6. The van der Waals surface area contributed by atoms with Crippen molar-refractivity contribution in [2.75, 3.05) is 16.4 Å². The Bertz CT molecular complexity index is 1510. The average Bonchev–Trinajstić information content (AvgIpc) is 3.48. The highest BCUT2D eigenvalue weighted by molar-refractivity contribution is 7.99. The second-order valence-corrected chi connectivity index (χ2v) is 8.97. The van der Waals surface area contributed by atoms with Gasteiger partial charge in [-0.05, 0) is 48.5 Å². The molecule has 3 aromatic carbocycles. The van der Waals surface area contributed by atoms with Crippen LogP contribution in [0.2, 0.25) is 0 Å². The van der Waals surface area contributed by atoms with Crippen molar-refractivity contribution >= 4 is 46.0 Å². The van der Waals surface area contributed by atoms with Crippen LogP contribution in [0.4, 0.5) is 11.4 Å². The molecule has 2 aromatic heterocycles. The first kappa shape index (κ1) is 23.3. The number of hydrogen-bond donors (Lipinski definition) is 2. The van der Waals surface area contributed by atoms with Crippen LogP contribution in [0.5, 0.6) is 0 Å². The second kappa shape index (κ2) is 10.4. The summed E-state index contributed by atoms with van der Waals surface area (Å²) in [6.07, 6.45) is 1.80. The summed E-state index contributed by atoms with van der Waals surface area (Å²) >= 11 is 1.31. The molecule has 0 unspecified atom stereocenters. The van der Waals surface area contributed by atoms with Gasteiger partial charge in [0.25, 0.3) is 0 Å². The van der Waals surface area contributed by atoms with Gasteiger partial charge in [0.15, 0.2) is 11.0 Å². The Morgan fingerprint density at radius 3 is 2.31 bits per heavy atom. The summed E-state index contributed by atoms with van der Waals surface area (Å²) in [5, 5.41) is 15.0. The molecule has 0 radical (unpaired) electrons. The molecule has 0 aliphatic carbocycles. The molecule has 0 bridgehead atoms. The molecular weight excluding hydrogens is 474 g/mol. The number of fused-ring (bicyclic) bond motifs is 1. The van der Waals surface area contributed by atoms with Gasteiger partial charge < -0.3 is 15.2 Å². The Balaban J connectivity index is 1.33. The summed E-state index contributed by atoms with van der Waals surface area (Å²) in [5.41, 5.74) is 4.16. The molecule has 0 fully saturated rings. The molecule has 0 saturated heterocycles. The summed E-state index contributed by atoms with van der Waals surface area (Å²) in [7, 11) is 0. The van der Waals surface area contributed by atoms with E-state index in [-0.39, 0.29) is 17.6 Å². The quantitative estimate of drug-likeness (QED) is 0.309. The Hall–Kier alpha value is -4.44. The lowest BCUT2D eigenvalue weighted by Gasteiger charge is -2.11. The second-order valence-electron chi connectivity index (χ2n) is 8.03. The van der Waals surface area contributed by atoms with Crippen molar-refractivity contribution in [3.8, 4) is 5.69 Å². The molecule has 9 nitrogen and oxygen atoms in total. The highest BCUT2D eigenvalue weighted by atomic mass is 32.2. The van der Waals surface area contributed by atoms with E-state index < -0.39 is 0 Å². The third-order valence-electron chi connectivity index (χ3n) is 5.38. The molecule has 2 amide bonds. The first-order valence-electron chi connectivity index (χ1n) is 11.3. The van der Waals surface area contributed by atoms with Crippen LogP contribution in [-0.4, -0.2) is 41.9 Å². The molecule has 180 valence electrons. The van der Waals surface area contributed by atoms with Crippen molar-refractivity contribution in [1.82, 2.24) is 24.3 Å². The van der Waals surface area contributed by atoms with Gasteiger partial charge in [-0.3, -0.25) is 14.2 Å². The van der Waals surface area contributed by atoms with Gasteiger partial charge in [0.1, 0.15) is 0 Å². The number of carbonyl (C=O) groups is 2. The molecule has 0 saturated carbocycles. The van der Waals surface area contributed by atoms with Crippen LogP contribution in [-0.2, 0) is 16.1 Å². The summed E-state index contributed by atoms with van der Waals surface area (Å²) in [6, 6.07) is 24.7. The van der Waals surface area contributed by atoms with E-state index in [1.807, 2.05) is 63.7 Å². The minimum Gasteiger partial charge on any atom is -0.326 e. The highest BCUT2D eigenvalue weighted by Crippen LogP contribution is 2.24. The van der Waals surface area contributed by atoms with Crippen molar-refractivity contribution in [3.05, 3.63) is 91.0 Å². The van der Waals surface area contributed by atoms with Gasteiger partial charge in [-0.25, -0.2) is 4.98 Å². The number of amides is 2. The maximum Gasteiger partial charge on any atom is 0.234 e. The van der Waals surface area contributed by atoms with E-state index in [1.54, 1.807) is 30.6 Å². The Labute approximate surface area is 211 Å². The van der Waals surface area contributed by atoms with Gasteiger partial charge in [-0.2, -0.15) is 0 Å².